The van der Waals surface area contributed by atoms with Gasteiger partial charge in [0.1, 0.15) is 0 Å². The van der Waals surface area contributed by atoms with Crippen LogP contribution in [0.4, 0.5) is 5.69 Å². The second-order valence-electron chi connectivity index (χ2n) is 7.39. The van der Waals surface area contributed by atoms with Gasteiger partial charge in [-0.3, -0.25) is 9.36 Å². The van der Waals surface area contributed by atoms with E-state index < -0.39 is 0 Å². The molecule has 1 amide bonds. The first kappa shape index (κ1) is 20.2. The van der Waals surface area contributed by atoms with Crippen LogP contribution in [0.1, 0.15) is 50.6 Å². The first-order valence-electron chi connectivity index (χ1n) is 10.1. The maximum atomic E-state index is 12.7. The number of furan rings is 1. The highest BCUT2D eigenvalue weighted by Crippen LogP contribution is 2.36. The number of nitrogens with one attached hydrogen (secondary N) is 1. The van der Waals surface area contributed by atoms with E-state index in [0.717, 1.165) is 18.0 Å². The van der Waals surface area contributed by atoms with E-state index in [0.29, 0.717) is 28.9 Å². The van der Waals surface area contributed by atoms with Crippen LogP contribution < -0.4 is 5.32 Å². The Kier molecular flexibility index (Phi) is 6.19. The van der Waals surface area contributed by atoms with Crippen molar-refractivity contribution in [1.82, 2.24) is 14.8 Å². The summed E-state index contributed by atoms with van der Waals surface area (Å²) in [4.78, 5) is 12.7. The maximum Gasteiger partial charge on any atom is 0.237 e. The van der Waals surface area contributed by atoms with E-state index in [1.807, 2.05) is 19.1 Å². The third kappa shape index (κ3) is 4.41. The Bertz CT molecular complexity index is 1050. The van der Waals surface area contributed by atoms with Gasteiger partial charge in [0.25, 0.3) is 0 Å². The number of amides is 1. The van der Waals surface area contributed by atoms with Gasteiger partial charge < -0.3 is 9.73 Å². The van der Waals surface area contributed by atoms with Crippen LogP contribution in [0.2, 0.25) is 0 Å². The average Bonchev–Trinajstić information content (AvgIpc) is 3.44. The van der Waals surface area contributed by atoms with E-state index in [-0.39, 0.29) is 11.2 Å². The molecule has 0 radical (unpaired) electrons. The molecule has 1 aliphatic carbocycles. The van der Waals surface area contributed by atoms with Gasteiger partial charge in [-0.1, -0.05) is 37.1 Å². The lowest BCUT2D eigenvalue weighted by molar-refractivity contribution is -0.115. The monoisotopic (exact) mass is 421 g/mol. The molecule has 0 aliphatic heterocycles. The number of hydrogen-bond donors (Lipinski definition) is 1. The van der Waals surface area contributed by atoms with Crippen LogP contribution in [0.25, 0.3) is 11.6 Å². The Hall–Kier alpha value is -3.05. The van der Waals surface area contributed by atoms with Gasteiger partial charge in [0.15, 0.2) is 10.9 Å². The van der Waals surface area contributed by atoms with E-state index >= 15 is 0 Å². The summed E-state index contributed by atoms with van der Waals surface area (Å²) in [5.41, 5.74) is 1.12. The van der Waals surface area contributed by atoms with Gasteiger partial charge in [-0.05, 0) is 50.1 Å². The van der Waals surface area contributed by atoms with E-state index in [1.165, 1.54) is 31.0 Å². The second-order valence-corrected chi connectivity index (χ2v) is 8.70. The van der Waals surface area contributed by atoms with Gasteiger partial charge in [-0.25, -0.2) is 0 Å². The fourth-order valence-electron chi connectivity index (χ4n) is 3.72. The molecule has 30 heavy (non-hydrogen) atoms. The fourth-order valence-corrected chi connectivity index (χ4v) is 4.64. The zero-order valence-electron chi connectivity index (χ0n) is 16.7. The van der Waals surface area contributed by atoms with Crippen LogP contribution in [-0.4, -0.2) is 25.9 Å². The lowest BCUT2D eigenvalue weighted by atomic mass is 9.95. The number of carbonyl (C=O) groups excluding carboxylic acids is 1. The molecule has 0 spiro atoms. The van der Waals surface area contributed by atoms with Crippen molar-refractivity contribution in [3.05, 3.63) is 48.2 Å². The number of carbonyl (C=O) groups is 1. The van der Waals surface area contributed by atoms with Gasteiger partial charge in [0.2, 0.25) is 11.7 Å². The second kappa shape index (κ2) is 9.18. The molecule has 1 unspecified atom stereocenters. The fraction of sp³-hybridized carbons (Fsp3) is 0.364. The van der Waals surface area contributed by atoms with Crippen molar-refractivity contribution < 1.29 is 9.21 Å². The van der Waals surface area contributed by atoms with Gasteiger partial charge >= 0.3 is 0 Å². The minimum absolute atomic E-state index is 0.146. The molecule has 0 saturated heterocycles. The number of thioether (sulfide) groups is 1. The number of aromatic nitrogens is 3. The van der Waals surface area contributed by atoms with E-state index in [9.17, 15) is 4.79 Å². The molecule has 1 atom stereocenters. The molecule has 3 aromatic rings. The van der Waals surface area contributed by atoms with Crippen LogP contribution in [0, 0.1) is 11.3 Å². The van der Waals surface area contributed by atoms with Gasteiger partial charge in [0, 0.05) is 11.7 Å². The van der Waals surface area contributed by atoms with Crippen molar-refractivity contribution in [2.45, 2.75) is 55.5 Å². The smallest absolute Gasteiger partial charge is 0.237 e. The standard InChI is InChI=1S/C22H23N5O2S/c1-15(21(28)24-17-8-5-7-16(13-17)14-23)30-22-26-25-20(19-11-6-12-29-19)27(22)18-9-3-2-4-10-18/h5-8,11-13,15,18H,2-4,9-10H2,1H3,(H,24,28). The first-order chi connectivity index (χ1) is 14.7. The Balaban J connectivity index is 1.54. The number of hydrogen-bond acceptors (Lipinski definition) is 6. The summed E-state index contributed by atoms with van der Waals surface area (Å²) in [6.07, 6.45) is 7.37. The molecular weight excluding hydrogens is 398 g/mol. The molecular formula is C22H23N5O2S. The molecule has 154 valence electrons. The first-order valence-corrected chi connectivity index (χ1v) is 11.0. The lowest BCUT2D eigenvalue weighted by Crippen LogP contribution is -2.23. The predicted molar refractivity (Wildman–Crippen MR) is 115 cm³/mol. The Morgan fingerprint density at radius 2 is 2.10 bits per heavy atom. The summed E-state index contributed by atoms with van der Waals surface area (Å²) >= 11 is 1.39. The molecule has 2 aromatic heterocycles. The summed E-state index contributed by atoms with van der Waals surface area (Å²) in [5.74, 6) is 1.25. The molecule has 1 aromatic carbocycles. The van der Waals surface area contributed by atoms with Crippen LogP contribution in [0.15, 0.2) is 52.2 Å². The summed E-state index contributed by atoms with van der Waals surface area (Å²) in [6.45, 7) is 1.85. The molecule has 1 fully saturated rings. The van der Waals surface area contributed by atoms with Crippen molar-refractivity contribution in [3.8, 4) is 17.7 Å². The Morgan fingerprint density at radius 1 is 1.27 bits per heavy atom. The molecule has 4 rings (SSSR count). The van der Waals surface area contributed by atoms with Gasteiger partial charge in [-0.2, -0.15) is 5.26 Å². The van der Waals surface area contributed by atoms with Crippen LogP contribution in [0.3, 0.4) is 0 Å². The van der Waals surface area contributed by atoms with Gasteiger partial charge in [-0.15, -0.1) is 10.2 Å². The zero-order valence-corrected chi connectivity index (χ0v) is 17.6. The lowest BCUT2D eigenvalue weighted by Gasteiger charge is -2.25. The SMILES string of the molecule is CC(Sc1nnc(-c2ccco2)n1C1CCCCC1)C(=O)Nc1cccc(C#N)c1. The highest BCUT2D eigenvalue weighted by atomic mass is 32.2. The van der Waals surface area contributed by atoms with E-state index in [4.69, 9.17) is 9.68 Å². The maximum absolute atomic E-state index is 12.7. The Labute approximate surface area is 179 Å². The van der Waals surface area contributed by atoms with E-state index in [1.54, 1.807) is 30.5 Å². The van der Waals surface area contributed by atoms with Crippen molar-refractivity contribution in [2.24, 2.45) is 0 Å². The summed E-state index contributed by atoms with van der Waals surface area (Å²) in [6, 6.07) is 13.0. The molecule has 1 aliphatic rings. The quantitative estimate of drug-likeness (QED) is 0.561. The van der Waals surface area contributed by atoms with Crippen molar-refractivity contribution in [1.29, 1.82) is 5.26 Å². The number of nitrogens with zero attached hydrogens (tertiary/aromatic N) is 4. The normalized spacial score (nSPS) is 15.5. The van der Waals surface area contributed by atoms with Crippen molar-refractivity contribution >= 4 is 23.4 Å². The molecule has 0 bridgehead atoms. The van der Waals surface area contributed by atoms with Gasteiger partial charge in [0.05, 0.1) is 23.1 Å². The minimum Gasteiger partial charge on any atom is -0.461 e. The number of anilines is 1. The summed E-state index contributed by atoms with van der Waals surface area (Å²) in [7, 11) is 0. The third-order valence-corrected chi connectivity index (χ3v) is 6.31. The van der Waals surface area contributed by atoms with Crippen LogP contribution >= 0.6 is 11.8 Å². The van der Waals surface area contributed by atoms with Crippen molar-refractivity contribution in [3.63, 3.8) is 0 Å². The van der Waals surface area contributed by atoms with Crippen molar-refractivity contribution in [2.75, 3.05) is 5.32 Å². The summed E-state index contributed by atoms with van der Waals surface area (Å²) < 4.78 is 7.72. The highest BCUT2D eigenvalue weighted by molar-refractivity contribution is 8.00. The highest BCUT2D eigenvalue weighted by Gasteiger charge is 2.27. The molecule has 2 heterocycles. The third-order valence-electron chi connectivity index (χ3n) is 5.26. The Morgan fingerprint density at radius 3 is 2.83 bits per heavy atom. The minimum atomic E-state index is -0.383. The summed E-state index contributed by atoms with van der Waals surface area (Å²) in [5, 5.41) is 21.0. The van der Waals surface area contributed by atoms with Crippen LogP contribution in [-0.2, 0) is 4.79 Å². The number of nitriles is 1. The topological polar surface area (TPSA) is 96.7 Å². The van der Waals surface area contributed by atoms with E-state index in [2.05, 4.69) is 26.2 Å². The molecule has 1 N–H and O–H groups in total. The molecule has 7 nitrogen and oxygen atoms in total. The molecule has 8 heteroatoms. The zero-order chi connectivity index (χ0) is 20.9. The molecule has 1 saturated carbocycles. The van der Waals surface area contributed by atoms with Crippen LogP contribution in [0.5, 0.6) is 0 Å². The average molecular weight is 422 g/mol. The predicted octanol–water partition coefficient (Wildman–Crippen LogP) is 5.03. The largest absolute Gasteiger partial charge is 0.461 e. The number of benzene rings is 1. The number of rotatable bonds is 6.